The zero-order valence-electron chi connectivity index (χ0n) is 11.5. The second-order valence-corrected chi connectivity index (χ2v) is 5.68. The van der Waals surface area contributed by atoms with E-state index in [9.17, 15) is 4.79 Å². The van der Waals surface area contributed by atoms with Gasteiger partial charge in [0.05, 0.1) is 0 Å². The molecule has 0 atom stereocenters. The maximum Gasteiger partial charge on any atom is 0.195 e. The lowest BCUT2D eigenvalue weighted by atomic mass is 9.98. The summed E-state index contributed by atoms with van der Waals surface area (Å²) < 4.78 is 0.958. The molecule has 0 aromatic heterocycles. The Kier molecular flexibility index (Phi) is 4.96. The summed E-state index contributed by atoms with van der Waals surface area (Å²) >= 11 is 3.54. The van der Waals surface area contributed by atoms with Gasteiger partial charge >= 0.3 is 0 Å². The predicted molar refractivity (Wildman–Crippen MR) is 87.0 cm³/mol. The molecule has 2 rings (SSSR count). The Labute approximate surface area is 128 Å². The van der Waals surface area contributed by atoms with Crippen molar-refractivity contribution in [1.29, 1.82) is 0 Å². The van der Waals surface area contributed by atoms with E-state index in [1.54, 1.807) is 12.1 Å². The van der Waals surface area contributed by atoms with Crippen molar-refractivity contribution in [2.45, 2.75) is 26.2 Å². The van der Waals surface area contributed by atoms with Crippen molar-refractivity contribution in [1.82, 2.24) is 0 Å². The van der Waals surface area contributed by atoms with Crippen LogP contribution in [0.25, 0.3) is 0 Å². The van der Waals surface area contributed by atoms with Crippen molar-refractivity contribution in [3.8, 4) is 0 Å². The van der Waals surface area contributed by atoms with E-state index in [1.807, 2.05) is 30.3 Å². The fourth-order valence-corrected chi connectivity index (χ4v) is 2.68. The number of hydrogen-bond acceptors (Lipinski definition) is 2. The van der Waals surface area contributed by atoms with E-state index in [1.165, 1.54) is 0 Å². The number of anilines is 1. The molecule has 0 unspecified atom stereocenters. The summed E-state index contributed by atoms with van der Waals surface area (Å²) in [6.07, 6.45) is 3.22. The first-order valence-electron chi connectivity index (χ1n) is 6.81. The van der Waals surface area contributed by atoms with Crippen LogP contribution in [0.3, 0.4) is 0 Å². The highest BCUT2D eigenvalue weighted by molar-refractivity contribution is 9.10. The Hall–Kier alpha value is -1.61. The molecule has 0 aliphatic carbocycles. The van der Waals surface area contributed by atoms with Gasteiger partial charge in [0.1, 0.15) is 0 Å². The summed E-state index contributed by atoms with van der Waals surface area (Å²) in [5, 5.41) is 0. The first kappa shape index (κ1) is 14.8. The van der Waals surface area contributed by atoms with Crippen molar-refractivity contribution >= 4 is 27.4 Å². The van der Waals surface area contributed by atoms with Crippen LogP contribution in [0.2, 0.25) is 0 Å². The number of benzene rings is 2. The molecule has 0 spiro atoms. The maximum atomic E-state index is 12.4. The molecule has 2 aromatic rings. The molecule has 0 radical (unpaired) electrons. The molecule has 0 saturated heterocycles. The highest BCUT2D eigenvalue weighted by atomic mass is 79.9. The van der Waals surface area contributed by atoms with Crippen molar-refractivity contribution < 1.29 is 4.79 Å². The summed E-state index contributed by atoms with van der Waals surface area (Å²) in [6, 6.07) is 13.0. The number of rotatable bonds is 5. The first-order chi connectivity index (χ1) is 9.63. The number of carbonyl (C=O) groups is 1. The molecule has 20 heavy (non-hydrogen) atoms. The molecule has 0 fully saturated rings. The minimum atomic E-state index is -0.0363. The Bertz CT molecular complexity index is 608. The van der Waals surface area contributed by atoms with Gasteiger partial charge in [-0.3, -0.25) is 4.79 Å². The number of halogens is 1. The third-order valence-electron chi connectivity index (χ3n) is 3.30. The second-order valence-electron chi connectivity index (χ2n) is 4.83. The predicted octanol–water partition coefficient (Wildman–Crippen LogP) is 4.60. The van der Waals surface area contributed by atoms with E-state index >= 15 is 0 Å². The Balaban J connectivity index is 2.34. The lowest BCUT2D eigenvalue weighted by Gasteiger charge is -2.10. The van der Waals surface area contributed by atoms with Crippen LogP contribution in [-0.2, 0) is 6.42 Å². The van der Waals surface area contributed by atoms with Crippen LogP contribution in [-0.4, -0.2) is 5.78 Å². The quantitative estimate of drug-likeness (QED) is 0.642. The molecule has 0 heterocycles. The second kappa shape index (κ2) is 6.71. The number of ketones is 1. The molecule has 2 aromatic carbocycles. The van der Waals surface area contributed by atoms with Crippen molar-refractivity contribution in [3.63, 3.8) is 0 Å². The number of carbonyl (C=O) groups excluding carboxylic acids is 1. The van der Waals surface area contributed by atoms with Crippen LogP contribution in [0.4, 0.5) is 5.69 Å². The average molecular weight is 332 g/mol. The standard InChI is InChI=1S/C17H18BrNO/c1-2-3-7-13-10-16(19)14(11-15(13)18)17(20)12-8-5-4-6-9-12/h4-6,8-11H,2-3,7,19H2,1H3. The molecule has 3 heteroatoms. The summed E-state index contributed by atoms with van der Waals surface area (Å²) in [5.41, 5.74) is 8.99. The van der Waals surface area contributed by atoms with Crippen LogP contribution in [0.1, 0.15) is 41.3 Å². The SMILES string of the molecule is CCCCc1cc(N)c(C(=O)c2ccccc2)cc1Br. The average Bonchev–Trinajstić information content (AvgIpc) is 2.48. The molecular formula is C17H18BrNO. The van der Waals surface area contributed by atoms with E-state index < -0.39 is 0 Å². The third kappa shape index (κ3) is 3.28. The lowest BCUT2D eigenvalue weighted by Crippen LogP contribution is -2.06. The van der Waals surface area contributed by atoms with E-state index in [4.69, 9.17) is 5.73 Å². The molecule has 2 nitrogen and oxygen atoms in total. The number of unbranched alkanes of at least 4 members (excludes halogenated alkanes) is 1. The zero-order chi connectivity index (χ0) is 14.5. The number of nitrogen functional groups attached to an aromatic ring is 1. The fraction of sp³-hybridized carbons (Fsp3) is 0.235. The summed E-state index contributed by atoms with van der Waals surface area (Å²) in [5.74, 6) is -0.0363. The monoisotopic (exact) mass is 331 g/mol. The molecule has 2 N–H and O–H groups in total. The van der Waals surface area contributed by atoms with E-state index in [0.717, 1.165) is 29.3 Å². The molecule has 104 valence electrons. The first-order valence-corrected chi connectivity index (χ1v) is 7.60. The van der Waals surface area contributed by atoms with Crippen LogP contribution >= 0.6 is 15.9 Å². The van der Waals surface area contributed by atoms with Crippen molar-refractivity contribution in [2.24, 2.45) is 0 Å². The molecule has 0 saturated carbocycles. The Morgan fingerprint density at radius 2 is 1.90 bits per heavy atom. The van der Waals surface area contributed by atoms with Crippen LogP contribution in [0.15, 0.2) is 46.9 Å². The number of hydrogen-bond donors (Lipinski definition) is 1. The van der Waals surface area contributed by atoms with Gasteiger partial charge in [-0.15, -0.1) is 0 Å². The third-order valence-corrected chi connectivity index (χ3v) is 4.04. The minimum Gasteiger partial charge on any atom is -0.398 e. The highest BCUT2D eigenvalue weighted by Gasteiger charge is 2.14. The van der Waals surface area contributed by atoms with Crippen LogP contribution in [0.5, 0.6) is 0 Å². The molecule has 0 bridgehead atoms. The van der Waals surface area contributed by atoms with Gasteiger partial charge in [0, 0.05) is 21.3 Å². The van der Waals surface area contributed by atoms with Gasteiger partial charge in [-0.05, 0) is 30.5 Å². The van der Waals surface area contributed by atoms with Crippen LogP contribution < -0.4 is 5.73 Å². The fourth-order valence-electron chi connectivity index (χ4n) is 2.14. The van der Waals surface area contributed by atoms with Gasteiger partial charge in [-0.2, -0.15) is 0 Å². The van der Waals surface area contributed by atoms with Crippen LogP contribution in [0, 0.1) is 0 Å². The van der Waals surface area contributed by atoms with Gasteiger partial charge < -0.3 is 5.73 Å². The normalized spacial score (nSPS) is 10.5. The Morgan fingerprint density at radius 3 is 2.55 bits per heavy atom. The molecule has 0 aliphatic rings. The van der Waals surface area contributed by atoms with Crippen molar-refractivity contribution in [2.75, 3.05) is 5.73 Å². The zero-order valence-corrected chi connectivity index (χ0v) is 13.1. The summed E-state index contributed by atoms with van der Waals surface area (Å²) in [4.78, 5) is 12.4. The maximum absolute atomic E-state index is 12.4. The van der Waals surface area contributed by atoms with Gasteiger partial charge in [0.2, 0.25) is 0 Å². The molecule has 0 amide bonds. The van der Waals surface area contributed by atoms with Gasteiger partial charge in [0.25, 0.3) is 0 Å². The van der Waals surface area contributed by atoms with Gasteiger partial charge in [-0.1, -0.05) is 59.6 Å². The highest BCUT2D eigenvalue weighted by Crippen LogP contribution is 2.27. The molecular weight excluding hydrogens is 314 g/mol. The van der Waals surface area contributed by atoms with E-state index in [-0.39, 0.29) is 5.78 Å². The van der Waals surface area contributed by atoms with E-state index in [2.05, 4.69) is 22.9 Å². The number of aryl methyl sites for hydroxylation is 1. The largest absolute Gasteiger partial charge is 0.398 e. The topological polar surface area (TPSA) is 43.1 Å². The number of nitrogens with two attached hydrogens (primary N) is 1. The summed E-state index contributed by atoms with van der Waals surface area (Å²) in [6.45, 7) is 2.16. The smallest absolute Gasteiger partial charge is 0.195 e. The van der Waals surface area contributed by atoms with E-state index in [0.29, 0.717) is 16.8 Å². The van der Waals surface area contributed by atoms with Gasteiger partial charge in [0.15, 0.2) is 5.78 Å². The Morgan fingerprint density at radius 1 is 1.20 bits per heavy atom. The lowest BCUT2D eigenvalue weighted by molar-refractivity contribution is 0.103. The van der Waals surface area contributed by atoms with Crippen molar-refractivity contribution in [3.05, 3.63) is 63.6 Å². The minimum absolute atomic E-state index is 0.0363. The molecule has 0 aliphatic heterocycles. The summed E-state index contributed by atoms with van der Waals surface area (Å²) in [7, 11) is 0. The van der Waals surface area contributed by atoms with Gasteiger partial charge in [-0.25, -0.2) is 0 Å².